The van der Waals surface area contributed by atoms with Crippen LogP contribution in [-0.4, -0.2) is 72.8 Å². The summed E-state index contributed by atoms with van der Waals surface area (Å²) in [6.07, 6.45) is 1.50. The minimum absolute atomic E-state index is 0.150. The molecule has 0 unspecified atom stereocenters. The van der Waals surface area contributed by atoms with E-state index in [0.29, 0.717) is 0 Å². The first-order valence-corrected chi connectivity index (χ1v) is 8.33. The summed E-state index contributed by atoms with van der Waals surface area (Å²) in [5.74, 6) is 1.03. The Balaban J connectivity index is 1.54. The smallest absolute Gasteiger partial charge is 0.254 e. The highest BCUT2D eigenvalue weighted by Crippen LogP contribution is 2.26. The molecule has 0 aliphatic carbocycles. The van der Waals surface area contributed by atoms with E-state index in [0.717, 1.165) is 70.1 Å². The summed E-state index contributed by atoms with van der Waals surface area (Å²) in [6, 6.07) is 1.96. The van der Waals surface area contributed by atoms with Gasteiger partial charge in [-0.2, -0.15) is 0 Å². The molecule has 1 aromatic rings. The Morgan fingerprint density at radius 1 is 1.35 bits per heavy atom. The Morgan fingerprint density at radius 2 is 2.04 bits per heavy atom. The number of carbonyl (C=O) groups is 1. The van der Waals surface area contributed by atoms with Crippen LogP contribution >= 0.6 is 0 Å². The van der Waals surface area contributed by atoms with E-state index >= 15 is 0 Å². The summed E-state index contributed by atoms with van der Waals surface area (Å²) in [5, 5.41) is 7.21. The maximum absolute atomic E-state index is 12.9. The van der Waals surface area contributed by atoms with Crippen LogP contribution in [0.25, 0.3) is 0 Å². The van der Waals surface area contributed by atoms with Gasteiger partial charge in [0, 0.05) is 39.4 Å². The van der Waals surface area contributed by atoms with Gasteiger partial charge in [0.15, 0.2) is 5.76 Å². The van der Waals surface area contributed by atoms with Crippen LogP contribution in [0.15, 0.2) is 10.6 Å². The molecule has 7 heteroatoms. The first kappa shape index (κ1) is 16.4. The topological polar surface area (TPSA) is 70.8 Å². The molecule has 7 nitrogen and oxygen atoms in total. The fourth-order valence-corrected chi connectivity index (χ4v) is 3.44. The molecule has 0 saturated carbocycles. The second-order valence-electron chi connectivity index (χ2n) is 6.45. The van der Waals surface area contributed by atoms with Crippen molar-refractivity contribution in [2.45, 2.75) is 31.9 Å². The third kappa shape index (κ3) is 3.57. The Morgan fingerprint density at radius 3 is 2.61 bits per heavy atom. The summed E-state index contributed by atoms with van der Waals surface area (Å²) < 4.78 is 10.9. The van der Waals surface area contributed by atoms with Gasteiger partial charge in [0.05, 0.1) is 12.2 Å². The Hall–Kier alpha value is -1.44. The van der Waals surface area contributed by atoms with E-state index in [1.807, 2.05) is 17.9 Å². The summed E-state index contributed by atoms with van der Waals surface area (Å²) in [6.45, 7) is 7.53. The van der Waals surface area contributed by atoms with Crippen molar-refractivity contribution in [3.63, 3.8) is 0 Å². The van der Waals surface area contributed by atoms with Gasteiger partial charge in [-0.1, -0.05) is 5.16 Å². The molecule has 23 heavy (non-hydrogen) atoms. The van der Waals surface area contributed by atoms with Crippen LogP contribution in [0.4, 0.5) is 0 Å². The Bertz CT molecular complexity index is 531. The van der Waals surface area contributed by atoms with Gasteiger partial charge < -0.3 is 19.5 Å². The molecule has 2 fully saturated rings. The van der Waals surface area contributed by atoms with Crippen molar-refractivity contribution in [1.82, 2.24) is 20.3 Å². The van der Waals surface area contributed by atoms with Gasteiger partial charge >= 0.3 is 0 Å². The third-order valence-electron chi connectivity index (χ3n) is 4.91. The molecular formula is C16H26N4O3. The van der Waals surface area contributed by atoms with Crippen molar-refractivity contribution in [2.75, 3.05) is 46.4 Å². The average Bonchev–Trinajstić information content (AvgIpc) is 3.00. The van der Waals surface area contributed by atoms with Gasteiger partial charge in [-0.25, -0.2) is 0 Å². The molecule has 2 saturated heterocycles. The number of methoxy groups -OCH3 is 1. The molecule has 1 N–H and O–H groups in total. The second-order valence-corrected chi connectivity index (χ2v) is 6.45. The van der Waals surface area contributed by atoms with Crippen LogP contribution in [0.5, 0.6) is 0 Å². The lowest BCUT2D eigenvalue weighted by atomic mass is 9.90. The molecule has 2 aliphatic heterocycles. The third-order valence-corrected chi connectivity index (χ3v) is 4.91. The fourth-order valence-electron chi connectivity index (χ4n) is 3.44. The van der Waals surface area contributed by atoms with Crippen molar-refractivity contribution in [3.05, 3.63) is 17.5 Å². The Kier molecular flexibility index (Phi) is 4.99. The van der Waals surface area contributed by atoms with Gasteiger partial charge in [-0.05, 0) is 32.9 Å². The minimum atomic E-state index is -0.630. The SMILES string of the molecule is COC1(C(=O)N2CCN(Cc3cc(C)no3)CC2)CCNCC1. The van der Waals surface area contributed by atoms with E-state index in [-0.39, 0.29) is 5.91 Å². The van der Waals surface area contributed by atoms with Crippen LogP contribution < -0.4 is 5.32 Å². The van der Waals surface area contributed by atoms with E-state index in [1.54, 1.807) is 7.11 Å². The number of ether oxygens (including phenoxy) is 1. The molecule has 0 radical (unpaired) electrons. The van der Waals surface area contributed by atoms with Gasteiger partial charge in [0.25, 0.3) is 5.91 Å². The minimum Gasteiger partial charge on any atom is -0.368 e. The standard InChI is InChI=1S/C16H26N4O3/c1-13-11-14(23-18-13)12-19-7-9-20(10-8-19)15(21)16(22-2)3-5-17-6-4-16/h11,17H,3-10,12H2,1-2H3. The van der Waals surface area contributed by atoms with Gasteiger partial charge in [-0.15, -0.1) is 0 Å². The lowest BCUT2D eigenvalue weighted by molar-refractivity contribution is -0.160. The van der Waals surface area contributed by atoms with Crippen molar-refractivity contribution < 1.29 is 14.1 Å². The maximum atomic E-state index is 12.9. The fraction of sp³-hybridized carbons (Fsp3) is 0.750. The van der Waals surface area contributed by atoms with Crippen LogP contribution in [0.1, 0.15) is 24.3 Å². The number of aryl methyl sites for hydroxylation is 1. The molecule has 0 bridgehead atoms. The van der Waals surface area contributed by atoms with Crippen molar-refractivity contribution in [2.24, 2.45) is 0 Å². The molecule has 3 heterocycles. The molecule has 3 rings (SSSR count). The lowest BCUT2D eigenvalue weighted by Gasteiger charge is -2.42. The van der Waals surface area contributed by atoms with Crippen LogP contribution in [-0.2, 0) is 16.1 Å². The molecule has 0 atom stereocenters. The maximum Gasteiger partial charge on any atom is 0.254 e. The normalized spacial score (nSPS) is 22.3. The van der Waals surface area contributed by atoms with Gasteiger partial charge in [0.2, 0.25) is 0 Å². The monoisotopic (exact) mass is 322 g/mol. The number of amides is 1. The number of nitrogens with zero attached hydrogens (tertiary/aromatic N) is 3. The number of hydrogen-bond acceptors (Lipinski definition) is 6. The summed E-state index contributed by atoms with van der Waals surface area (Å²) in [4.78, 5) is 17.2. The molecule has 128 valence electrons. The van der Waals surface area contributed by atoms with Crippen LogP contribution in [0.3, 0.4) is 0 Å². The van der Waals surface area contributed by atoms with E-state index in [4.69, 9.17) is 9.26 Å². The van der Waals surface area contributed by atoms with Crippen LogP contribution in [0.2, 0.25) is 0 Å². The highest BCUT2D eigenvalue weighted by atomic mass is 16.5. The predicted octanol–water partition coefficient (Wildman–Crippen LogP) is 0.396. The van der Waals surface area contributed by atoms with Crippen molar-refractivity contribution in [1.29, 1.82) is 0 Å². The molecule has 2 aliphatic rings. The van der Waals surface area contributed by atoms with E-state index in [9.17, 15) is 4.79 Å². The Labute approximate surface area is 136 Å². The molecule has 1 aromatic heterocycles. The molecule has 0 aromatic carbocycles. The summed E-state index contributed by atoms with van der Waals surface area (Å²) in [7, 11) is 1.66. The number of carbonyl (C=O) groups excluding carboxylic acids is 1. The molecular weight excluding hydrogens is 296 g/mol. The zero-order chi connectivity index (χ0) is 16.3. The summed E-state index contributed by atoms with van der Waals surface area (Å²) in [5.41, 5.74) is 0.275. The zero-order valence-electron chi connectivity index (χ0n) is 14.0. The number of piperidine rings is 1. The largest absolute Gasteiger partial charge is 0.368 e. The number of piperazine rings is 1. The first-order chi connectivity index (χ1) is 11.1. The van der Waals surface area contributed by atoms with E-state index < -0.39 is 5.60 Å². The highest BCUT2D eigenvalue weighted by molar-refractivity contribution is 5.85. The van der Waals surface area contributed by atoms with Gasteiger partial charge in [0.1, 0.15) is 5.60 Å². The number of aromatic nitrogens is 1. The van der Waals surface area contributed by atoms with E-state index in [1.165, 1.54) is 0 Å². The van der Waals surface area contributed by atoms with Gasteiger partial charge in [-0.3, -0.25) is 9.69 Å². The highest BCUT2D eigenvalue weighted by Gasteiger charge is 2.42. The number of hydrogen-bond donors (Lipinski definition) is 1. The quantitative estimate of drug-likeness (QED) is 0.865. The summed E-state index contributed by atoms with van der Waals surface area (Å²) >= 11 is 0. The average molecular weight is 322 g/mol. The second kappa shape index (κ2) is 6.98. The number of nitrogens with one attached hydrogen (secondary N) is 1. The first-order valence-electron chi connectivity index (χ1n) is 8.33. The molecule has 0 spiro atoms. The van der Waals surface area contributed by atoms with Crippen LogP contribution in [0, 0.1) is 6.92 Å². The van der Waals surface area contributed by atoms with Crippen molar-refractivity contribution in [3.8, 4) is 0 Å². The van der Waals surface area contributed by atoms with Crippen molar-refractivity contribution >= 4 is 5.91 Å². The number of rotatable bonds is 4. The predicted molar refractivity (Wildman–Crippen MR) is 84.9 cm³/mol. The van der Waals surface area contributed by atoms with E-state index in [2.05, 4.69) is 15.4 Å². The lowest BCUT2D eigenvalue weighted by Crippen LogP contribution is -2.59. The molecule has 1 amide bonds. The zero-order valence-corrected chi connectivity index (χ0v) is 14.0.